The van der Waals surface area contributed by atoms with Crippen LogP contribution in [0.15, 0.2) is 0 Å². The maximum Gasteiger partial charge on any atom is 0.309 e. The van der Waals surface area contributed by atoms with Crippen LogP contribution in [0.1, 0.15) is 12.8 Å². The molecule has 0 bridgehead atoms. The van der Waals surface area contributed by atoms with Crippen molar-refractivity contribution in [2.24, 2.45) is 5.92 Å². The van der Waals surface area contributed by atoms with Gasteiger partial charge >= 0.3 is 5.97 Å². The Labute approximate surface area is 53.0 Å². The van der Waals surface area contributed by atoms with Crippen LogP contribution in [0.3, 0.4) is 0 Å². The lowest BCUT2D eigenvalue weighted by Gasteiger charge is -1.94. The molecule has 0 spiro atoms. The SMILES string of the molecule is O=CCOC(=O)C1CC1. The van der Waals surface area contributed by atoms with Crippen LogP contribution in [-0.4, -0.2) is 18.9 Å². The molecule has 1 fully saturated rings. The molecule has 1 aliphatic carbocycles. The van der Waals surface area contributed by atoms with Crippen LogP contribution in [0.4, 0.5) is 0 Å². The molecule has 0 radical (unpaired) electrons. The number of rotatable bonds is 3. The molecule has 1 saturated carbocycles. The summed E-state index contributed by atoms with van der Waals surface area (Å²) >= 11 is 0. The first-order valence-corrected chi connectivity index (χ1v) is 2.95. The van der Waals surface area contributed by atoms with Crippen molar-refractivity contribution >= 4 is 12.3 Å². The lowest BCUT2D eigenvalue weighted by atomic mass is 10.4. The van der Waals surface area contributed by atoms with Gasteiger partial charge in [0, 0.05) is 0 Å². The summed E-state index contributed by atoms with van der Waals surface area (Å²) in [4.78, 5) is 20.3. The zero-order chi connectivity index (χ0) is 6.69. The van der Waals surface area contributed by atoms with Crippen LogP contribution in [0.5, 0.6) is 0 Å². The van der Waals surface area contributed by atoms with Gasteiger partial charge in [-0.15, -0.1) is 0 Å². The van der Waals surface area contributed by atoms with Gasteiger partial charge in [0.2, 0.25) is 0 Å². The Morgan fingerprint density at radius 2 is 2.33 bits per heavy atom. The number of carbonyl (C=O) groups excluding carboxylic acids is 2. The third-order valence-corrected chi connectivity index (χ3v) is 1.20. The third kappa shape index (κ3) is 1.83. The van der Waals surface area contributed by atoms with Crippen LogP contribution >= 0.6 is 0 Å². The summed E-state index contributed by atoms with van der Waals surface area (Å²) in [6.45, 7) is -0.0880. The molecule has 0 heterocycles. The van der Waals surface area contributed by atoms with Crippen molar-refractivity contribution in [3.8, 4) is 0 Å². The van der Waals surface area contributed by atoms with Gasteiger partial charge in [0.25, 0.3) is 0 Å². The van der Waals surface area contributed by atoms with Gasteiger partial charge in [0.15, 0.2) is 6.29 Å². The van der Waals surface area contributed by atoms with Gasteiger partial charge in [0.1, 0.15) is 6.61 Å². The average molecular weight is 128 g/mol. The molecule has 0 atom stereocenters. The van der Waals surface area contributed by atoms with E-state index < -0.39 is 0 Å². The van der Waals surface area contributed by atoms with Crippen LogP contribution in [-0.2, 0) is 14.3 Å². The van der Waals surface area contributed by atoms with Gasteiger partial charge in [-0.1, -0.05) is 0 Å². The summed E-state index contributed by atoms with van der Waals surface area (Å²) < 4.78 is 4.51. The van der Waals surface area contributed by atoms with Crippen molar-refractivity contribution in [3.05, 3.63) is 0 Å². The Hall–Kier alpha value is -0.860. The Bertz CT molecular complexity index is 126. The zero-order valence-corrected chi connectivity index (χ0v) is 5.00. The van der Waals surface area contributed by atoms with E-state index in [2.05, 4.69) is 4.74 Å². The predicted molar refractivity (Wildman–Crippen MR) is 29.7 cm³/mol. The molecule has 0 aromatic heterocycles. The van der Waals surface area contributed by atoms with E-state index in [9.17, 15) is 9.59 Å². The van der Waals surface area contributed by atoms with E-state index in [-0.39, 0.29) is 18.5 Å². The summed E-state index contributed by atoms with van der Waals surface area (Å²) in [5, 5.41) is 0. The van der Waals surface area contributed by atoms with Gasteiger partial charge in [-0.3, -0.25) is 9.59 Å². The van der Waals surface area contributed by atoms with Gasteiger partial charge in [-0.2, -0.15) is 0 Å². The number of ether oxygens (including phenoxy) is 1. The Morgan fingerprint density at radius 3 is 2.78 bits per heavy atom. The first-order chi connectivity index (χ1) is 4.34. The fourth-order valence-electron chi connectivity index (χ4n) is 0.553. The second kappa shape index (κ2) is 2.62. The highest BCUT2D eigenvalue weighted by Gasteiger charge is 2.30. The van der Waals surface area contributed by atoms with Gasteiger partial charge in [0.05, 0.1) is 5.92 Å². The number of aldehydes is 1. The normalized spacial score (nSPS) is 16.9. The third-order valence-electron chi connectivity index (χ3n) is 1.20. The molecule has 3 nitrogen and oxygen atoms in total. The molecule has 3 heteroatoms. The molecule has 1 rings (SSSR count). The molecule has 0 unspecified atom stereocenters. The standard InChI is InChI=1S/C6H8O3/c7-3-4-9-6(8)5-1-2-5/h3,5H,1-2,4H2. The molecule has 0 N–H and O–H groups in total. The molecule has 0 amide bonds. The summed E-state index contributed by atoms with van der Waals surface area (Å²) in [5.41, 5.74) is 0. The van der Waals surface area contributed by atoms with Gasteiger partial charge in [-0.05, 0) is 12.8 Å². The predicted octanol–water partition coefficient (Wildman–Crippen LogP) is 0.139. The van der Waals surface area contributed by atoms with E-state index >= 15 is 0 Å². The minimum atomic E-state index is -0.220. The molecular weight excluding hydrogens is 120 g/mol. The van der Waals surface area contributed by atoms with Crippen LogP contribution in [0.2, 0.25) is 0 Å². The van der Waals surface area contributed by atoms with E-state index in [1.165, 1.54) is 0 Å². The largest absolute Gasteiger partial charge is 0.458 e. The molecule has 0 saturated heterocycles. The second-order valence-electron chi connectivity index (χ2n) is 2.07. The van der Waals surface area contributed by atoms with Crippen LogP contribution in [0, 0.1) is 5.92 Å². The lowest BCUT2D eigenvalue weighted by Crippen LogP contribution is -2.07. The van der Waals surface area contributed by atoms with Crippen LogP contribution < -0.4 is 0 Å². The minimum absolute atomic E-state index is 0.0880. The Kier molecular flexibility index (Phi) is 1.82. The van der Waals surface area contributed by atoms with Crippen LogP contribution in [0.25, 0.3) is 0 Å². The van der Waals surface area contributed by atoms with Crippen molar-refractivity contribution in [1.82, 2.24) is 0 Å². The highest BCUT2D eigenvalue weighted by molar-refractivity contribution is 5.76. The Balaban J connectivity index is 2.10. The first-order valence-electron chi connectivity index (χ1n) is 2.95. The monoisotopic (exact) mass is 128 g/mol. The molecule has 9 heavy (non-hydrogen) atoms. The van der Waals surface area contributed by atoms with E-state index in [1.54, 1.807) is 0 Å². The van der Waals surface area contributed by atoms with Crippen molar-refractivity contribution in [2.75, 3.05) is 6.61 Å². The molecular formula is C6H8O3. The summed E-state index contributed by atoms with van der Waals surface area (Å²) in [6.07, 6.45) is 2.44. The van der Waals surface area contributed by atoms with Crippen molar-refractivity contribution < 1.29 is 14.3 Å². The minimum Gasteiger partial charge on any atom is -0.458 e. The number of esters is 1. The van der Waals surface area contributed by atoms with Gasteiger partial charge < -0.3 is 4.74 Å². The number of hydrogen-bond acceptors (Lipinski definition) is 3. The highest BCUT2D eigenvalue weighted by Crippen LogP contribution is 2.29. The van der Waals surface area contributed by atoms with Crippen molar-refractivity contribution in [1.29, 1.82) is 0 Å². The topological polar surface area (TPSA) is 43.4 Å². The van der Waals surface area contributed by atoms with Gasteiger partial charge in [-0.25, -0.2) is 0 Å². The quantitative estimate of drug-likeness (QED) is 0.401. The highest BCUT2D eigenvalue weighted by atomic mass is 16.5. The average Bonchev–Trinajstić information content (AvgIpc) is 2.63. The molecule has 0 aromatic rings. The van der Waals surface area contributed by atoms with E-state index in [1.807, 2.05) is 0 Å². The zero-order valence-electron chi connectivity index (χ0n) is 5.00. The molecule has 1 aliphatic rings. The fraction of sp³-hybridized carbons (Fsp3) is 0.667. The van der Waals surface area contributed by atoms with Crippen molar-refractivity contribution in [3.63, 3.8) is 0 Å². The number of carbonyl (C=O) groups is 2. The van der Waals surface area contributed by atoms with E-state index in [0.29, 0.717) is 6.29 Å². The number of hydrogen-bond donors (Lipinski definition) is 0. The summed E-state index contributed by atoms with van der Waals surface area (Å²) in [7, 11) is 0. The summed E-state index contributed by atoms with van der Waals surface area (Å²) in [6, 6.07) is 0. The Morgan fingerprint density at radius 1 is 1.67 bits per heavy atom. The van der Waals surface area contributed by atoms with E-state index in [4.69, 9.17) is 0 Å². The molecule has 0 aliphatic heterocycles. The first kappa shape index (κ1) is 6.26. The van der Waals surface area contributed by atoms with E-state index in [0.717, 1.165) is 12.8 Å². The maximum atomic E-state index is 10.6. The maximum absolute atomic E-state index is 10.6. The summed E-state index contributed by atoms with van der Waals surface area (Å²) in [5.74, 6) is -0.118. The smallest absolute Gasteiger partial charge is 0.309 e. The second-order valence-corrected chi connectivity index (χ2v) is 2.07. The lowest BCUT2D eigenvalue weighted by molar-refractivity contribution is -0.146. The molecule has 0 aromatic carbocycles. The molecule has 50 valence electrons. The fourth-order valence-corrected chi connectivity index (χ4v) is 0.553. The van der Waals surface area contributed by atoms with Crippen molar-refractivity contribution in [2.45, 2.75) is 12.8 Å².